The average Bonchev–Trinajstić information content (AvgIpc) is 3.60. The van der Waals surface area contributed by atoms with E-state index < -0.39 is 11.7 Å². The highest BCUT2D eigenvalue weighted by molar-refractivity contribution is 6.38. The zero-order valence-corrected chi connectivity index (χ0v) is 32.2. The van der Waals surface area contributed by atoms with Gasteiger partial charge in [-0.3, -0.25) is 0 Å². The molecule has 7 aromatic rings. The second kappa shape index (κ2) is 14.2. The van der Waals surface area contributed by atoms with E-state index in [4.69, 9.17) is 11.6 Å². The summed E-state index contributed by atoms with van der Waals surface area (Å²) in [5.41, 5.74) is 8.01. The van der Waals surface area contributed by atoms with E-state index in [1.165, 1.54) is 0 Å². The zero-order valence-electron chi connectivity index (χ0n) is 31.4. The van der Waals surface area contributed by atoms with E-state index in [0.717, 1.165) is 44.8 Å². The van der Waals surface area contributed by atoms with Crippen LogP contribution in [0.15, 0.2) is 146 Å². The molecule has 284 valence electrons. The third-order valence-corrected chi connectivity index (χ3v) is 12.2. The summed E-state index contributed by atoms with van der Waals surface area (Å²) >= 11 is 7.83. The van der Waals surface area contributed by atoms with Crippen molar-refractivity contribution in [1.82, 2.24) is 0 Å². The van der Waals surface area contributed by atoms with Crippen LogP contribution < -0.4 is 14.7 Å². The van der Waals surface area contributed by atoms with Gasteiger partial charge in [0.1, 0.15) is 17.2 Å². The monoisotopic (exact) mass is 784 g/mol. The second-order valence-corrected chi connectivity index (χ2v) is 15.4. The summed E-state index contributed by atoms with van der Waals surface area (Å²) in [7, 11) is 0. The molecule has 0 saturated carbocycles. The summed E-state index contributed by atoms with van der Waals surface area (Å²) in [6, 6.07) is 48.6. The first kappa shape index (κ1) is 35.9. The van der Waals surface area contributed by atoms with E-state index in [2.05, 4.69) is 6.07 Å². The molecular formula is C50H36ClF3N4. The maximum atomic E-state index is 16.9. The number of nitrogens with zero attached hydrogens (tertiary/aromatic N) is 4. The van der Waals surface area contributed by atoms with Gasteiger partial charge in [0.05, 0.1) is 22.1 Å². The van der Waals surface area contributed by atoms with Crippen LogP contribution in [0.4, 0.5) is 64.4 Å². The highest BCUT2D eigenvalue weighted by Gasteiger charge is 2.47. The van der Waals surface area contributed by atoms with Gasteiger partial charge in [-0.15, -0.1) is 0 Å². The molecule has 3 aliphatic rings. The normalized spacial score (nSPS) is 14.4. The van der Waals surface area contributed by atoms with Gasteiger partial charge < -0.3 is 14.7 Å². The Hall–Kier alpha value is -6.49. The number of para-hydroxylation sites is 6. The molecular weight excluding hydrogens is 749 g/mol. The van der Waals surface area contributed by atoms with Gasteiger partial charge in [0.2, 0.25) is 0 Å². The maximum Gasteiger partial charge on any atom is 0.420 e. The van der Waals surface area contributed by atoms with Crippen LogP contribution in [0, 0.1) is 11.3 Å². The molecule has 0 aromatic heterocycles. The molecule has 3 aliphatic heterocycles. The summed E-state index contributed by atoms with van der Waals surface area (Å²) in [5.74, 6) is 0. The largest absolute Gasteiger partial charge is 0.420 e. The number of aryl methyl sites for hydroxylation is 6. The van der Waals surface area contributed by atoms with E-state index in [0.29, 0.717) is 61.3 Å². The van der Waals surface area contributed by atoms with Crippen molar-refractivity contribution in [2.45, 2.75) is 44.7 Å². The molecule has 58 heavy (non-hydrogen) atoms. The smallest absolute Gasteiger partial charge is 0.308 e. The topological polar surface area (TPSA) is 33.5 Å². The molecule has 0 bridgehead atoms. The van der Waals surface area contributed by atoms with Crippen LogP contribution in [-0.4, -0.2) is 0 Å². The summed E-state index contributed by atoms with van der Waals surface area (Å²) in [6.45, 7) is 0. The highest BCUT2D eigenvalue weighted by atomic mass is 35.5. The van der Waals surface area contributed by atoms with Gasteiger partial charge in [0.25, 0.3) is 0 Å². The first-order valence-electron chi connectivity index (χ1n) is 19.6. The quantitative estimate of drug-likeness (QED) is 0.179. The van der Waals surface area contributed by atoms with E-state index in [1.807, 2.05) is 150 Å². The van der Waals surface area contributed by atoms with Crippen molar-refractivity contribution in [2.24, 2.45) is 0 Å². The van der Waals surface area contributed by atoms with Crippen LogP contribution in [0.25, 0.3) is 0 Å². The SMILES string of the molecule is N#Cc1c(N2c3ccccc3CCc3ccccc32)c(Cl)c(N2c3ccccc3CCc3ccccc32)c(C(F)(F)F)c1N1c2ccccc2CCc2ccccc21. The van der Waals surface area contributed by atoms with Gasteiger partial charge in [-0.25, -0.2) is 0 Å². The third-order valence-electron chi connectivity index (χ3n) is 11.8. The molecule has 3 heterocycles. The molecule has 0 fully saturated rings. The Morgan fingerprint density at radius 3 is 0.948 bits per heavy atom. The molecule has 4 nitrogen and oxygen atoms in total. The molecule has 7 aromatic carbocycles. The average molecular weight is 785 g/mol. The molecule has 0 aliphatic carbocycles. The van der Waals surface area contributed by atoms with Gasteiger partial charge >= 0.3 is 6.18 Å². The zero-order chi connectivity index (χ0) is 39.5. The van der Waals surface area contributed by atoms with E-state index in [1.54, 1.807) is 9.80 Å². The van der Waals surface area contributed by atoms with Crippen LogP contribution in [-0.2, 0) is 44.7 Å². The Morgan fingerprint density at radius 1 is 0.414 bits per heavy atom. The van der Waals surface area contributed by atoms with E-state index in [9.17, 15) is 5.26 Å². The number of alkyl halides is 3. The molecule has 0 saturated heterocycles. The number of hydrogen-bond donors (Lipinski definition) is 0. The molecule has 0 atom stereocenters. The summed E-state index contributed by atoms with van der Waals surface area (Å²) < 4.78 is 50.7. The van der Waals surface area contributed by atoms with Crippen molar-refractivity contribution >= 4 is 62.8 Å². The molecule has 8 heteroatoms. The fourth-order valence-corrected chi connectivity index (χ4v) is 9.62. The van der Waals surface area contributed by atoms with Gasteiger partial charge in [0.15, 0.2) is 0 Å². The predicted octanol–water partition coefficient (Wildman–Crippen LogP) is 13.9. The Balaban J connectivity index is 1.45. The highest BCUT2D eigenvalue weighted by Crippen LogP contribution is 2.61. The van der Waals surface area contributed by atoms with Crippen molar-refractivity contribution in [3.05, 3.63) is 195 Å². The molecule has 0 unspecified atom stereocenters. The van der Waals surface area contributed by atoms with Crippen LogP contribution in [0.2, 0.25) is 5.02 Å². The van der Waals surface area contributed by atoms with Crippen molar-refractivity contribution in [1.29, 1.82) is 5.26 Å². The van der Waals surface area contributed by atoms with Gasteiger partial charge in [0, 0.05) is 34.1 Å². The number of hydrogen-bond acceptors (Lipinski definition) is 4. The number of halogens is 4. The number of rotatable bonds is 3. The fraction of sp³-hybridized carbons (Fsp3) is 0.140. The summed E-state index contributed by atoms with van der Waals surface area (Å²) in [6.07, 6.45) is -1.12. The van der Waals surface area contributed by atoms with Crippen LogP contribution >= 0.6 is 11.6 Å². The van der Waals surface area contributed by atoms with Crippen LogP contribution in [0.1, 0.15) is 44.5 Å². The lowest BCUT2D eigenvalue weighted by Crippen LogP contribution is -2.26. The first-order valence-corrected chi connectivity index (χ1v) is 20.0. The summed E-state index contributed by atoms with van der Waals surface area (Å²) in [4.78, 5) is 5.34. The maximum absolute atomic E-state index is 16.9. The van der Waals surface area contributed by atoms with Crippen LogP contribution in [0.5, 0.6) is 0 Å². The van der Waals surface area contributed by atoms with Gasteiger partial charge in [-0.05, 0) is 108 Å². The number of benzene rings is 7. The third kappa shape index (κ3) is 5.74. The van der Waals surface area contributed by atoms with Gasteiger partial charge in [-0.2, -0.15) is 18.4 Å². The van der Waals surface area contributed by atoms with Crippen molar-refractivity contribution in [3.8, 4) is 6.07 Å². The van der Waals surface area contributed by atoms with E-state index >= 15 is 13.2 Å². The molecule has 10 rings (SSSR count). The van der Waals surface area contributed by atoms with E-state index in [-0.39, 0.29) is 27.6 Å². The minimum Gasteiger partial charge on any atom is -0.308 e. The standard InChI is InChI=1S/C50H36ClF3N4/c51-46-48(57-41-21-9-3-15-34(41)27-28-35-16-4-10-22-42(35)57)38(31-55)47(56-39-19-7-1-13-32(39)25-26-33-14-2-8-20-40(33)56)45(50(52,53)54)49(46)58-43-23-11-5-17-36(43)29-30-37-18-6-12-24-44(37)58/h1-24H,25-30H2. The minimum absolute atomic E-state index is 0.165. The summed E-state index contributed by atoms with van der Waals surface area (Å²) in [5, 5.41) is 11.5. The Morgan fingerprint density at radius 2 is 0.672 bits per heavy atom. The molecule has 0 radical (unpaired) electrons. The minimum atomic E-state index is -4.99. The molecule has 0 amide bonds. The first-order chi connectivity index (χ1) is 28.3. The van der Waals surface area contributed by atoms with Crippen LogP contribution in [0.3, 0.4) is 0 Å². The molecule has 0 N–H and O–H groups in total. The fourth-order valence-electron chi connectivity index (χ4n) is 9.26. The predicted molar refractivity (Wildman–Crippen MR) is 227 cm³/mol. The van der Waals surface area contributed by atoms with Crippen molar-refractivity contribution in [3.63, 3.8) is 0 Å². The lowest BCUT2D eigenvalue weighted by Gasteiger charge is -2.38. The number of anilines is 9. The Bertz CT molecular complexity index is 2660. The molecule has 0 spiro atoms. The van der Waals surface area contributed by atoms with Gasteiger partial charge in [-0.1, -0.05) is 121 Å². The second-order valence-electron chi connectivity index (χ2n) is 15.0. The lowest BCUT2D eigenvalue weighted by atomic mass is 9.95. The lowest BCUT2D eigenvalue weighted by molar-refractivity contribution is -0.136. The Kier molecular flexibility index (Phi) is 8.76. The number of nitriles is 1. The number of fused-ring (bicyclic) bond motifs is 6. The van der Waals surface area contributed by atoms with Crippen molar-refractivity contribution < 1.29 is 13.2 Å². The Labute approximate surface area is 340 Å². The van der Waals surface area contributed by atoms with Crippen molar-refractivity contribution in [2.75, 3.05) is 14.7 Å².